The Labute approximate surface area is 127 Å². The normalized spacial score (nSPS) is 14.5. The monoisotopic (exact) mass is 406 g/mol. The molecule has 0 aliphatic heterocycles. The van der Waals surface area contributed by atoms with Gasteiger partial charge in [0, 0.05) is 0 Å². The second kappa shape index (κ2) is 10.2. The summed E-state index contributed by atoms with van der Waals surface area (Å²) in [5, 5.41) is 4.50. The van der Waals surface area contributed by atoms with E-state index < -0.39 is 7.66 Å². The van der Waals surface area contributed by atoms with Gasteiger partial charge in [-0.2, -0.15) is 0 Å². The van der Waals surface area contributed by atoms with Crippen LogP contribution in [-0.4, -0.2) is 26.2 Å². The van der Waals surface area contributed by atoms with Crippen molar-refractivity contribution in [3.63, 3.8) is 0 Å². The topological polar surface area (TPSA) is 33.2 Å². The van der Waals surface area contributed by atoms with Crippen molar-refractivity contribution < 1.29 is 18.3 Å². The molecule has 9 heteroatoms. The van der Waals surface area contributed by atoms with Crippen LogP contribution in [0.4, 0.5) is 0 Å². The second-order valence-electron chi connectivity index (χ2n) is 3.28. The van der Waals surface area contributed by atoms with E-state index >= 15 is 0 Å². The van der Waals surface area contributed by atoms with E-state index in [1.165, 1.54) is 26.2 Å². The minimum absolute atomic E-state index is 1.22. The molecule has 17 heavy (non-hydrogen) atoms. The van der Waals surface area contributed by atoms with Gasteiger partial charge in [0.05, 0.1) is 26.2 Å². The van der Waals surface area contributed by atoms with Crippen LogP contribution in [0.3, 0.4) is 0 Å². The van der Waals surface area contributed by atoms with E-state index in [4.69, 9.17) is 55.8 Å². The molecule has 0 bridgehead atoms. The standard InChI is InChI=1S/2C4H11N.6ClH.Ti/c2*1-3-5-4-2;;;;;;;/h2*5H,3-4H2,1-2H3;6*1H;/q;;;;;;;;+4/p-4. The van der Waals surface area contributed by atoms with Gasteiger partial charge in [0.1, 0.15) is 0 Å². The molecule has 0 fully saturated rings. The molecule has 0 aromatic heterocycles. The number of hydrogen-bond acceptors (Lipinski definition) is 0. The summed E-state index contributed by atoms with van der Waals surface area (Å²) in [6, 6.07) is 0. The van der Waals surface area contributed by atoms with Gasteiger partial charge in [0.2, 0.25) is 0 Å². The summed E-state index contributed by atoms with van der Waals surface area (Å²) in [5.74, 6) is 0. The predicted octanol–water partition coefficient (Wildman–Crippen LogP) is 3.31. The van der Waals surface area contributed by atoms with Gasteiger partial charge >= 0.3 is 63.5 Å². The van der Waals surface area contributed by atoms with Gasteiger partial charge in [0.25, 0.3) is 0 Å². The minimum atomic E-state index is -5.33. The molecule has 0 heterocycles. The fraction of sp³-hybridized carbons (Fsp3) is 1.00. The van der Waals surface area contributed by atoms with Gasteiger partial charge in [-0.05, 0) is 27.7 Å². The van der Waals surface area contributed by atoms with Crippen molar-refractivity contribution in [2.24, 2.45) is 0 Å². The zero-order valence-electron chi connectivity index (χ0n) is 10.8. The number of hydrogen-bond donors (Lipinski definition) is 2. The van der Waals surface area contributed by atoms with Gasteiger partial charge in [-0.3, -0.25) is 0 Å². The molecule has 2 nitrogen and oxygen atoms in total. The first-order chi connectivity index (χ1) is 7.28. The molecule has 0 saturated heterocycles. The van der Waals surface area contributed by atoms with Crippen LogP contribution < -0.4 is 10.6 Å². The molecule has 0 rings (SSSR count). The van der Waals surface area contributed by atoms with Crippen LogP contribution in [0.5, 0.6) is 0 Å². The fourth-order valence-corrected chi connectivity index (χ4v) is 0.577. The zero-order chi connectivity index (χ0) is 14.7. The third-order valence-electron chi connectivity index (χ3n) is 1.15. The summed E-state index contributed by atoms with van der Waals surface area (Å²) in [6.07, 6.45) is 0. The van der Waals surface area contributed by atoms with Crippen molar-refractivity contribution in [1.82, 2.24) is 0 Å². The summed E-state index contributed by atoms with van der Waals surface area (Å²) in [7, 11) is 25.0. The summed E-state index contributed by atoms with van der Waals surface area (Å²) in [4.78, 5) is 0. The van der Waals surface area contributed by atoms with E-state index in [1.54, 1.807) is 0 Å². The number of halogens is 6. The average Bonchev–Trinajstić information content (AvgIpc) is 2.02. The van der Waals surface area contributed by atoms with E-state index in [9.17, 15) is 0 Å². The summed E-state index contributed by atoms with van der Waals surface area (Å²) >= 11 is 0. The SMILES string of the molecule is CC[NH2+]CC.CC[NH2+]CC.[Cl][Ti-2]([Cl])([Cl])([Cl])([Cl])[Cl]. The van der Waals surface area contributed by atoms with E-state index in [0.29, 0.717) is 0 Å². The number of nitrogens with two attached hydrogens (primary N) is 2. The molecule has 0 radical (unpaired) electrons. The first-order valence-electron chi connectivity index (χ1n) is 5.60. The van der Waals surface area contributed by atoms with Gasteiger partial charge in [-0.1, -0.05) is 0 Å². The zero-order valence-corrected chi connectivity index (χ0v) is 16.8. The molecule has 0 atom stereocenters. The third kappa shape index (κ3) is 121. The molecule has 0 unspecified atom stereocenters. The quantitative estimate of drug-likeness (QED) is 0.669. The average molecular weight is 409 g/mol. The Balaban J connectivity index is -0.000000177. The number of rotatable bonds is 4. The first kappa shape index (κ1) is 24.4. The van der Waals surface area contributed by atoms with Crippen LogP contribution in [0.1, 0.15) is 27.7 Å². The molecule has 0 aromatic rings. The van der Waals surface area contributed by atoms with Crippen LogP contribution in [0, 0.1) is 0 Å². The van der Waals surface area contributed by atoms with E-state index in [1.807, 2.05) is 0 Å². The van der Waals surface area contributed by atoms with Gasteiger partial charge in [-0.15, -0.1) is 0 Å². The van der Waals surface area contributed by atoms with E-state index in [0.717, 1.165) is 0 Å². The molecule has 0 saturated carbocycles. The summed E-state index contributed by atoms with van der Waals surface area (Å²) < 4.78 is 0. The van der Waals surface area contributed by atoms with Gasteiger partial charge in [0.15, 0.2) is 0 Å². The van der Waals surface area contributed by atoms with Crippen LogP contribution >= 0.6 is 55.8 Å². The van der Waals surface area contributed by atoms with Crippen molar-refractivity contribution in [3.8, 4) is 0 Å². The van der Waals surface area contributed by atoms with Crippen molar-refractivity contribution >= 4 is 55.8 Å². The molecular weight excluding hydrogens is 385 g/mol. The van der Waals surface area contributed by atoms with Crippen molar-refractivity contribution in [3.05, 3.63) is 0 Å². The summed E-state index contributed by atoms with van der Waals surface area (Å²) in [6.45, 7) is 13.5. The molecule has 0 aliphatic carbocycles. The van der Waals surface area contributed by atoms with Crippen LogP contribution in [0.2, 0.25) is 0 Å². The molecule has 0 aromatic carbocycles. The Kier molecular flexibility index (Phi) is 14.6. The fourth-order valence-electron chi connectivity index (χ4n) is 0.577. The Morgan fingerprint density at radius 1 is 0.588 bits per heavy atom. The Hall–Kier alpha value is 2.37. The molecule has 4 N–H and O–H groups in total. The predicted molar refractivity (Wildman–Crippen MR) is 81.1 cm³/mol. The van der Waals surface area contributed by atoms with Crippen LogP contribution in [0.15, 0.2) is 0 Å². The van der Waals surface area contributed by atoms with Crippen LogP contribution in [-0.2, 0) is 7.66 Å². The Bertz CT molecular complexity index is 144. The summed E-state index contributed by atoms with van der Waals surface area (Å²) in [5.41, 5.74) is 0. The molecule has 0 aliphatic rings. The number of quaternary nitrogens is 2. The first-order valence-corrected chi connectivity index (χ1v) is 18.5. The van der Waals surface area contributed by atoms with E-state index in [2.05, 4.69) is 38.3 Å². The maximum absolute atomic E-state index is 5.33. The molecule has 0 amide bonds. The molecule has 112 valence electrons. The van der Waals surface area contributed by atoms with Gasteiger partial charge < -0.3 is 10.6 Å². The second-order valence-corrected chi connectivity index (χ2v) is 42.0. The Morgan fingerprint density at radius 2 is 0.706 bits per heavy atom. The molecule has 0 spiro atoms. The Morgan fingerprint density at radius 3 is 0.706 bits per heavy atom. The maximum atomic E-state index is 5.06. The van der Waals surface area contributed by atoms with E-state index in [-0.39, 0.29) is 0 Å². The van der Waals surface area contributed by atoms with Crippen molar-refractivity contribution in [1.29, 1.82) is 0 Å². The van der Waals surface area contributed by atoms with Crippen molar-refractivity contribution in [2.45, 2.75) is 27.7 Å². The van der Waals surface area contributed by atoms with Crippen molar-refractivity contribution in [2.75, 3.05) is 26.2 Å². The van der Waals surface area contributed by atoms with Crippen LogP contribution in [0.25, 0.3) is 0 Å². The third-order valence-corrected chi connectivity index (χ3v) is 1.15. The van der Waals surface area contributed by atoms with Gasteiger partial charge in [-0.25, -0.2) is 0 Å². The molecular formula is C8H24Cl6N2Ti.